The Morgan fingerprint density at radius 1 is 1.17 bits per heavy atom. The summed E-state index contributed by atoms with van der Waals surface area (Å²) in [6.07, 6.45) is 0.901. The summed E-state index contributed by atoms with van der Waals surface area (Å²) >= 11 is 0. The van der Waals surface area contributed by atoms with Gasteiger partial charge in [-0.3, -0.25) is 0 Å². The topological polar surface area (TPSA) is 0 Å². The largest absolute Gasteiger partial charge is 2.00 e. The zero-order valence-corrected chi connectivity index (χ0v) is 10.7. The van der Waals surface area contributed by atoms with E-state index < -0.39 is 0 Å². The molecule has 0 radical (unpaired) electrons. The Hall–Kier alpha value is 0.466. The standard InChI is InChI=1S/C10H13.BrH.Mg/c1-4-10-8(2)6-5-7-9(10)3;;/h5-7H,1,4H2,2-3H3;1H;/q-1;;+2/p-1. The fourth-order valence-electron chi connectivity index (χ4n) is 1.24. The summed E-state index contributed by atoms with van der Waals surface area (Å²) in [6, 6.07) is 6.35. The molecule has 0 saturated carbocycles. The summed E-state index contributed by atoms with van der Waals surface area (Å²) in [5.41, 5.74) is 4.10. The number of benzene rings is 1. The van der Waals surface area contributed by atoms with Crippen molar-refractivity contribution in [3.8, 4) is 0 Å². The summed E-state index contributed by atoms with van der Waals surface area (Å²) in [6.45, 7) is 8.14. The van der Waals surface area contributed by atoms with Gasteiger partial charge < -0.3 is 23.9 Å². The van der Waals surface area contributed by atoms with Gasteiger partial charge in [-0.15, -0.1) is 0 Å². The first-order valence-corrected chi connectivity index (χ1v) is 3.60. The molecule has 0 unspecified atom stereocenters. The fraction of sp³-hybridized carbons (Fsp3) is 0.300. The van der Waals surface area contributed by atoms with Gasteiger partial charge in [0.15, 0.2) is 0 Å². The molecule has 1 rings (SSSR count). The number of hydrogen-bond acceptors (Lipinski definition) is 0. The quantitative estimate of drug-likeness (QED) is 0.448. The van der Waals surface area contributed by atoms with Gasteiger partial charge in [0, 0.05) is 0 Å². The number of rotatable bonds is 1. The van der Waals surface area contributed by atoms with Gasteiger partial charge in [-0.25, -0.2) is 0 Å². The average molecular weight is 237 g/mol. The normalized spacial score (nSPS) is 8.25. The van der Waals surface area contributed by atoms with Crippen LogP contribution in [-0.2, 0) is 6.42 Å². The maximum absolute atomic E-state index is 3.88. The van der Waals surface area contributed by atoms with Gasteiger partial charge in [0.25, 0.3) is 0 Å². The Kier molecular flexibility index (Phi) is 8.64. The summed E-state index contributed by atoms with van der Waals surface area (Å²) < 4.78 is 0. The van der Waals surface area contributed by atoms with Gasteiger partial charge in [-0.1, -0.05) is 34.9 Å². The molecule has 0 aliphatic carbocycles. The molecule has 0 atom stereocenters. The fourth-order valence-corrected chi connectivity index (χ4v) is 1.24. The molecule has 0 aliphatic heterocycles. The van der Waals surface area contributed by atoms with Gasteiger partial charge in [-0.2, -0.15) is 6.42 Å². The SMILES string of the molecule is [Br-].[CH2-]Cc1c(C)cccc1C.[Mg+2]. The molecule has 0 heterocycles. The molecular weight excluding hydrogens is 224 g/mol. The van der Waals surface area contributed by atoms with E-state index in [9.17, 15) is 0 Å². The van der Waals surface area contributed by atoms with Gasteiger partial charge >= 0.3 is 23.1 Å². The third-order valence-corrected chi connectivity index (χ3v) is 1.89. The predicted octanol–water partition coefficient (Wildman–Crippen LogP) is -0.697. The first-order chi connectivity index (χ1) is 4.75. The smallest absolute Gasteiger partial charge is 1.00 e. The molecule has 62 valence electrons. The first-order valence-electron chi connectivity index (χ1n) is 3.60. The van der Waals surface area contributed by atoms with Crippen LogP contribution in [0.4, 0.5) is 0 Å². The molecule has 12 heavy (non-hydrogen) atoms. The molecule has 0 aromatic heterocycles. The van der Waals surface area contributed by atoms with E-state index in [0.29, 0.717) is 0 Å². The van der Waals surface area contributed by atoms with Crippen molar-refractivity contribution in [1.29, 1.82) is 0 Å². The molecule has 1 aromatic rings. The molecule has 0 amide bonds. The Morgan fingerprint density at radius 2 is 1.58 bits per heavy atom. The van der Waals surface area contributed by atoms with Crippen LogP contribution >= 0.6 is 0 Å². The maximum Gasteiger partial charge on any atom is 2.00 e. The second-order valence-corrected chi connectivity index (χ2v) is 2.62. The van der Waals surface area contributed by atoms with Crippen LogP contribution in [0.25, 0.3) is 0 Å². The summed E-state index contributed by atoms with van der Waals surface area (Å²) in [4.78, 5) is 0. The monoisotopic (exact) mass is 236 g/mol. The molecule has 0 fully saturated rings. The molecule has 2 heteroatoms. The van der Waals surface area contributed by atoms with Crippen molar-refractivity contribution in [3.05, 3.63) is 41.8 Å². The van der Waals surface area contributed by atoms with Crippen LogP contribution in [0.5, 0.6) is 0 Å². The van der Waals surface area contributed by atoms with Crippen molar-refractivity contribution in [2.45, 2.75) is 20.3 Å². The third-order valence-electron chi connectivity index (χ3n) is 1.89. The maximum atomic E-state index is 3.88. The van der Waals surface area contributed by atoms with E-state index in [-0.39, 0.29) is 40.0 Å². The van der Waals surface area contributed by atoms with Gasteiger partial charge in [0.1, 0.15) is 0 Å². The second kappa shape index (κ2) is 6.93. The minimum Gasteiger partial charge on any atom is -1.00 e. The molecule has 0 saturated heterocycles. The summed E-state index contributed by atoms with van der Waals surface area (Å²) in [5.74, 6) is 0. The van der Waals surface area contributed by atoms with Crippen molar-refractivity contribution in [1.82, 2.24) is 0 Å². The molecule has 0 N–H and O–H groups in total. The zero-order valence-electron chi connectivity index (χ0n) is 7.73. The van der Waals surface area contributed by atoms with E-state index in [4.69, 9.17) is 0 Å². The Balaban J connectivity index is 0. The average Bonchev–Trinajstić information content (AvgIpc) is 1.88. The van der Waals surface area contributed by atoms with Crippen LogP contribution in [0, 0.1) is 20.8 Å². The summed E-state index contributed by atoms with van der Waals surface area (Å²) in [5, 5.41) is 0. The van der Waals surface area contributed by atoms with E-state index in [1.807, 2.05) is 0 Å². The van der Waals surface area contributed by atoms with Crippen LogP contribution in [-0.4, -0.2) is 23.1 Å². The Morgan fingerprint density at radius 3 is 1.83 bits per heavy atom. The second-order valence-electron chi connectivity index (χ2n) is 2.62. The van der Waals surface area contributed by atoms with Crippen molar-refractivity contribution in [2.24, 2.45) is 0 Å². The Bertz CT molecular complexity index is 213. The van der Waals surface area contributed by atoms with E-state index in [2.05, 4.69) is 39.0 Å². The van der Waals surface area contributed by atoms with E-state index in [1.54, 1.807) is 0 Å². The number of aryl methyl sites for hydroxylation is 2. The third kappa shape index (κ3) is 3.46. The van der Waals surface area contributed by atoms with E-state index in [0.717, 1.165) is 6.42 Å². The molecule has 0 spiro atoms. The van der Waals surface area contributed by atoms with Crippen molar-refractivity contribution >= 4 is 23.1 Å². The van der Waals surface area contributed by atoms with Crippen LogP contribution in [0.15, 0.2) is 18.2 Å². The van der Waals surface area contributed by atoms with Crippen molar-refractivity contribution in [3.63, 3.8) is 0 Å². The van der Waals surface area contributed by atoms with E-state index in [1.165, 1.54) is 16.7 Å². The van der Waals surface area contributed by atoms with E-state index >= 15 is 0 Å². The minimum absolute atomic E-state index is 0. The Labute approximate surface area is 102 Å². The van der Waals surface area contributed by atoms with Crippen molar-refractivity contribution in [2.75, 3.05) is 0 Å². The van der Waals surface area contributed by atoms with Crippen LogP contribution in [0.1, 0.15) is 16.7 Å². The van der Waals surface area contributed by atoms with Gasteiger partial charge in [0.05, 0.1) is 0 Å². The van der Waals surface area contributed by atoms with Crippen molar-refractivity contribution < 1.29 is 17.0 Å². The molecule has 1 aromatic carbocycles. The van der Waals surface area contributed by atoms with Crippen LogP contribution in [0.3, 0.4) is 0 Å². The van der Waals surface area contributed by atoms with Gasteiger partial charge in [0.2, 0.25) is 0 Å². The minimum atomic E-state index is 0. The molecule has 0 nitrogen and oxygen atoms in total. The van der Waals surface area contributed by atoms with Crippen LogP contribution < -0.4 is 17.0 Å². The summed E-state index contributed by atoms with van der Waals surface area (Å²) in [7, 11) is 0. The molecule has 0 bridgehead atoms. The zero-order chi connectivity index (χ0) is 7.56. The predicted molar refractivity (Wildman–Crippen MR) is 50.7 cm³/mol. The number of hydrogen-bond donors (Lipinski definition) is 0. The molecule has 0 aliphatic rings. The molecular formula is C10H13BrMg. The van der Waals surface area contributed by atoms with Crippen LogP contribution in [0.2, 0.25) is 0 Å². The first kappa shape index (κ1) is 15.0. The number of halogens is 1. The van der Waals surface area contributed by atoms with Gasteiger partial charge in [-0.05, 0) is 13.8 Å².